The summed E-state index contributed by atoms with van der Waals surface area (Å²) < 4.78 is 5.40. The summed E-state index contributed by atoms with van der Waals surface area (Å²) in [4.78, 5) is 37.3. The van der Waals surface area contributed by atoms with E-state index in [1.54, 1.807) is 17.0 Å². The van der Waals surface area contributed by atoms with Crippen molar-refractivity contribution in [3.63, 3.8) is 0 Å². The number of nitrogens with zero attached hydrogens (tertiary/aromatic N) is 1. The van der Waals surface area contributed by atoms with Gasteiger partial charge >= 0.3 is 6.09 Å². The molecule has 0 aliphatic carbocycles. The number of nitrogens with one attached hydrogen (secondary N) is 2. The van der Waals surface area contributed by atoms with Crippen molar-refractivity contribution in [3.8, 4) is 0 Å². The second kappa shape index (κ2) is 8.88. The van der Waals surface area contributed by atoms with Crippen LogP contribution in [0.5, 0.6) is 0 Å². The Hall–Kier alpha value is -2.57. The largest absolute Gasteiger partial charge is 0.444 e. The zero-order valence-electron chi connectivity index (χ0n) is 16.5. The lowest BCUT2D eigenvalue weighted by atomic mass is 9.97. The molecule has 7 heteroatoms. The number of anilines is 1. The minimum absolute atomic E-state index is 0.0609. The van der Waals surface area contributed by atoms with E-state index in [1.807, 2.05) is 32.9 Å². The fraction of sp³-hybridized carbons (Fsp3) is 0.550. The molecule has 27 heavy (non-hydrogen) atoms. The number of carbonyl (C=O) groups excluding carboxylic acids is 3. The van der Waals surface area contributed by atoms with Crippen LogP contribution in [0.3, 0.4) is 0 Å². The average molecular weight is 375 g/mol. The first-order chi connectivity index (χ1) is 12.6. The van der Waals surface area contributed by atoms with Crippen molar-refractivity contribution in [1.29, 1.82) is 0 Å². The number of hydrogen-bond acceptors (Lipinski definition) is 4. The van der Waals surface area contributed by atoms with Gasteiger partial charge in [0.15, 0.2) is 0 Å². The van der Waals surface area contributed by atoms with Crippen LogP contribution in [0, 0.1) is 5.92 Å². The van der Waals surface area contributed by atoms with Crippen LogP contribution in [0.2, 0.25) is 0 Å². The molecule has 7 nitrogen and oxygen atoms in total. The molecule has 148 valence electrons. The van der Waals surface area contributed by atoms with Gasteiger partial charge in [0, 0.05) is 32.2 Å². The van der Waals surface area contributed by atoms with Gasteiger partial charge in [-0.05, 0) is 51.3 Å². The summed E-state index contributed by atoms with van der Waals surface area (Å²) in [6.45, 7) is 8.34. The third kappa shape index (κ3) is 6.92. The average Bonchev–Trinajstić information content (AvgIpc) is 2.59. The number of hydrogen-bond donors (Lipinski definition) is 2. The molecule has 0 saturated carbocycles. The van der Waals surface area contributed by atoms with Crippen molar-refractivity contribution in [2.75, 3.05) is 18.4 Å². The lowest BCUT2D eigenvalue weighted by molar-refractivity contribution is -0.126. The van der Waals surface area contributed by atoms with E-state index < -0.39 is 5.60 Å². The maximum Gasteiger partial charge on any atom is 0.410 e. The third-order valence-corrected chi connectivity index (χ3v) is 4.18. The zero-order chi connectivity index (χ0) is 20.0. The molecule has 2 N–H and O–H groups in total. The maximum atomic E-state index is 12.5. The van der Waals surface area contributed by atoms with Crippen LogP contribution in [0.25, 0.3) is 0 Å². The van der Waals surface area contributed by atoms with Crippen LogP contribution in [-0.2, 0) is 20.9 Å². The van der Waals surface area contributed by atoms with E-state index in [0.717, 1.165) is 24.1 Å². The first kappa shape index (κ1) is 20.7. The minimum atomic E-state index is -0.546. The number of carbonyl (C=O) groups is 3. The number of amides is 3. The molecule has 0 spiro atoms. The van der Waals surface area contributed by atoms with E-state index in [0.29, 0.717) is 19.6 Å². The Labute approximate surface area is 160 Å². The van der Waals surface area contributed by atoms with Gasteiger partial charge in [-0.15, -0.1) is 0 Å². The summed E-state index contributed by atoms with van der Waals surface area (Å²) >= 11 is 0. The van der Waals surface area contributed by atoms with Crippen molar-refractivity contribution >= 4 is 23.6 Å². The van der Waals surface area contributed by atoms with Crippen molar-refractivity contribution in [1.82, 2.24) is 10.2 Å². The molecule has 1 aromatic carbocycles. The summed E-state index contributed by atoms with van der Waals surface area (Å²) in [6, 6.07) is 7.32. The summed E-state index contributed by atoms with van der Waals surface area (Å²) in [5.74, 6) is -0.415. The van der Waals surface area contributed by atoms with Crippen molar-refractivity contribution in [3.05, 3.63) is 29.8 Å². The van der Waals surface area contributed by atoms with E-state index in [2.05, 4.69) is 10.6 Å². The predicted molar refractivity (Wildman–Crippen MR) is 103 cm³/mol. The summed E-state index contributed by atoms with van der Waals surface area (Å²) in [6.07, 6.45) is 1.17. The molecule has 2 rings (SSSR count). The topological polar surface area (TPSA) is 87.7 Å². The molecular formula is C20H29N3O4. The molecular weight excluding hydrogens is 346 g/mol. The number of rotatable bonds is 4. The van der Waals surface area contributed by atoms with Gasteiger partial charge in [0.2, 0.25) is 11.8 Å². The number of piperidine rings is 1. The van der Waals surface area contributed by atoms with Gasteiger partial charge in [0.05, 0.1) is 5.92 Å². The Morgan fingerprint density at radius 3 is 2.44 bits per heavy atom. The van der Waals surface area contributed by atoms with Crippen LogP contribution in [-0.4, -0.2) is 41.5 Å². The predicted octanol–water partition coefficient (Wildman–Crippen LogP) is 2.91. The highest BCUT2D eigenvalue weighted by Crippen LogP contribution is 2.20. The summed E-state index contributed by atoms with van der Waals surface area (Å²) in [5.41, 5.74) is 1.12. The monoisotopic (exact) mass is 375 g/mol. The van der Waals surface area contributed by atoms with Gasteiger partial charge in [0.25, 0.3) is 0 Å². The SMILES string of the molecule is CC(=O)Nc1ccc(CNC(=O)C2CCCN(C(=O)OC(C)(C)C)C2)cc1. The van der Waals surface area contributed by atoms with Crippen molar-refractivity contribution in [2.45, 2.75) is 52.7 Å². The molecule has 1 unspecified atom stereocenters. The van der Waals surface area contributed by atoms with Gasteiger partial charge in [-0.25, -0.2) is 4.79 Å². The summed E-state index contributed by atoms with van der Waals surface area (Å²) in [7, 11) is 0. The Kier molecular flexibility index (Phi) is 6.82. The standard InChI is InChI=1S/C20H29N3O4/c1-14(24)22-17-9-7-15(8-10-17)12-21-18(25)16-6-5-11-23(13-16)19(26)27-20(2,3)4/h7-10,16H,5-6,11-13H2,1-4H3,(H,21,25)(H,22,24). The highest BCUT2D eigenvalue weighted by atomic mass is 16.6. The molecule has 1 saturated heterocycles. The fourth-order valence-electron chi connectivity index (χ4n) is 2.93. The second-order valence-corrected chi connectivity index (χ2v) is 7.86. The lowest BCUT2D eigenvalue weighted by Gasteiger charge is -2.33. The van der Waals surface area contributed by atoms with Gasteiger partial charge in [-0.3, -0.25) is 9.59 Å². The van der Waals surface area contributed by atoms with Crippen LogP contribution in [0.15, 0.2) is 24.3 Å². The smallest absolute Gasteiger partial charge is 0.410 e. The Morgan fingerprint density at radius 2 is 1.85 bits per heavy atom. The van der Waals surface area contributed by atoms with Crippen LogP contribution < -0.4 is 10.6 Å². The zero-order valence-corrected chi connectivity index (χ0v) is 16.5. The van der Waals surface area contributed by atoms with E-state index in [1.165, 1.54) is 6.92 Å². The van der Waals surface area contributed by atoms with E-state index in [9.17, 15) is 14.4 Å². The fourth-order valence-corrected chi connectivity index (χ4v) is 2.93. The van der Waals surface area contributed by atoms with Gasteiger partial charge in [-0.1, -0.05) is 12.1 Å². The number of likely N-dealkylation sites (tertiary alicyclic amines) is 1. The highest BCUT2D eigenvalue weighted by Gasteiger charge is 2.30. The molecule has 3 amide bonds. The molecule has 0 radical (unpaired) electrons. The van der Waals surface area contributed by atoms with Gasteiger partial charge in [-0.2, -0.15) is 0 Å². The van der Waals surface area contributed by atoms with Crippen molar-refractivity contribution in [2.24, 2.45) is 5.92 Å². The maximum absolute atomic E-state index is 12.5. The normalized spacial score (nSPS) is 17.2. The van der Waals surface area contributed by atoms with Crippen LogP contribution in [0.1, 0.15) is 46.1 Å². The Balaban J connectivity index is 1.84. The minimum Gasteiger partial charge on any atom is -0.444 e. The third-order valence-electron chi connectivity index (χ3n) is 4.18. The van der Waals surface area contributed by atoms with Crippen molar-refractivity contribution < 1.29 is 19.1 Å². The molecule has 1 atom stereocenters. The van der Waals surface area contributed by atoms with Crippen LogP contribution in [0.4, 0.5) is 10.5 Å². The molecule has 0 aromatic heterocycles. The lowest BCUT2D eigenvalue weighted by Crippen LogP contribution is -2.46. The molecule has 1 aliphatic heterocycles. The van der Waals surface area contributed by atoms with E-state index in [4.69, 9.17) is 4.74 Å². The quantitative estimate of drug-likeness (QED) is 0.847. The molecule has 1 aromatic rings. The van der Waals surface area contributed by atoms with E-state index in [-0.39, 0.29) is 23.8 Å². The second-order valence-electron chi connectivity index (χ2n) is 7.86. The van der Waals surface area contributed by atoms with Gasteiger partial charge in [0.1, 0.15) is 5.60 Å². The first-order valence-corrected chi connectivity index (χ1v) is 9.26. The highest BCUT2D eigenvalue weighted by molar-refractivity contribution is 5.88. The van der Waals surface area contributed by atoms with E-state index >= 15 is 0 Å². The number of ether oxygens (including phenoxy) is 1. The number of benzene rings is 1. The summed E-state index contributed by atoms with van der Waals surface area (Å²) in [5, 5.41) is 5.64. The molecule has 0 bridgehead atoms. The van der Waals surface area contributed by atoms with Crippen LogP contribution >= 0.6 is 0 Å². The molecule has 1 aliphatic rings. The molecule has 1 heterocycles. The van der Waals surface area contributed by atoms with Gasteiger partial charge < -0.3 is 20.3 Å². The molecule has 1 fully saturated rings. The first-order valence-electron chi connectivity index (χ1n) is 9.26. The Bertz CT molecular complexity index is 679. The Morgan fingerprint density at radius 1 is 1.19 bits per heavy atom.